The number of nitrogens with one attached hydrogen (secondary N) is 1. The number of methoxy groups -OCH3 is 1. The van der Waals surface area contributed by atoms with Gasteiger partial charge in [0.25, 0.3) is 15.9 Å². The quantitative estimate of drug-likeness (QED) is 0.507. The molecular weight excluding hydrogens is 412 g/mol. The lowest BCUT2D eigenvalue weighted by Gasteiger charge is -2.21. The van der Waals surface area contributed by atoms with Crippen LogP contribution >= 0.6 is 0 Å². The van der Waals surface area contributed by atoms with Gasteiger partial charge in [0.05, 0.1) is 12.0 Å². The van der Waals surface area contributed by atoms with Gasteiger partial charge in [0, 0.05) is 24.3 Å². The number of anilines is 1. The number of benzene rings is 3. The molecule has 1 N–H and O–H groups in total. The number of carbonyl (C=O) groups is 1. The van der Waals surface area contributed by atoms with E-state index < -0.39 is 10.0 Å². The Balaban J connectivity index is 1.82. The molecule has 3 aromatic carbocycles. The fourth-order valence-corrected chi connectivity index (χ4v) is 4.13. The van der Waals surface area contributed by atoms with E-state index >= 15 is 0 Å². The van der Waals surface area contributed by atoms with E-state index in [2.05, 4.69) is 11.3 Å². The maximum atomic E-state index is 13.1. The van der Waals surface area contributed by atoms with Crippen molar-refractivity contribution in [2.45, 2.75) is 11.4 Å². The molecule has 0 bridgehead atoms. The summed E-state index contributed by atoms with van der Waals surface area (Å²) in [7, 11) is -2.33. The van der Waals surface area contributed by atoms with Gasteiger partial charge < -0.3 is 9.64 Å². The maximum Gasteiger partial charge on any atom is 0.261 e. The molecule has 3 rings (SSSR count). The first-order valence-electron chi connectivity index (χ1n) is 9.64. The Morgan fingerprint density at radius 2 is 1.74 bits per heavy atom. The number of nitrogens with zero attached hydrogens (tertiary/aromatic N) is 1. The van der Waals surface area contributed by atoms with E-state index in [-0.39, 0.29) is 16.4 Å². The van der Waals surface area contributed by atoms with Crippen LogP contribution in [0.15, 0.2) is 96.4 Å². The molecule has 1 amide bonds. The van der Waals surface area contributed by atoms with Gasteiger partial charge in [-0.15, -0.1) is 6.58 Å². The summed E-state index contributed by atoms with van der Waals surface area (Å²) in [5.41, 5.74) is 1.66. The molecule has 0 saturated heterocycles. The highest BCUT2D eigenvalue weighted by molar-refractivity contribution is 7.92. The van der Waals surface area contributed by atoms with Gasteiger partial charge in [0.15, 0.2) is 0 Å². The van der Waals surface area contributed by atoms with Crippen LogP contribution in [0.4, 0.5) is 5.69 Å². The summed E-state index contributed by atoms with van der Waals surface area (Å²) in [5.74, 6) is 0.349. The number of carbonyl (C=O) groups excluding carboxylic acids is 1. The molecule has 0 aromatic heterocycles. The Bertz CT molecular complexity index is 1140. The van der Waals surface area contributed by atoms with E-state index in [1.165, 1.54) is 19.2 Å². The summed E-state index contributed by atoms with van der Waals surface area (Å²) in [4.78, 5) is 14.7. The Morgan fingerprint density at radius 1 is 1.03 bits per heavy atom. The summed E-state index contributed by atoms with van der Waals surface area (Å²) in [6.07, 6.45) is 1.65. The van der Waals surface area contributed by atoms with Crippen LogP contribution in [-0.4, -0.2) is 32.9 Å². The van der Waals surface area contributed by atoms with E-state index in [0.29, 0.717) is 24.5 Å². The smallest absolute Gasteiger partial charge is 0.261 e. The monoisotopic (exact) mass is 436 g/mol. The summed E-state index contributed by atoms with van der Waals surface area (Å²) < 4.78 is 33.3. The largest absolute Gasteiger partial charge is 0.497 e. The predicted molar refractivity (Wildman–Crippen MR) is 122 cm³/mol. The van der Waals surface area contributed by atoms with Gasteiger partial charge in [0.1, 0.15) is 5.75 Å². The molecule has 0 fully saturated rings. The average Bonchev–Trinajstić information content (AvgIpc) is 2.79. The molecule has 7 heteroatoms. The molecular formula is C24H24N2O4S. The van der Waals surface area contributed by atoms with Crippen molar-refractivity contribution in [2.24, 2.45) is 0 Å². The van der Waals surface area contributed by atoms with Crippen LogP contribution in [0, 0.1) is 0 Å². The lowest BCUT2D eigenvalue weighted by molar-refractivity contribution is 0.0762. The van der Waals surface area contributed by atoms with Crippen LogP contribution in [0.1, 0.15) is 15.9 Å². The first-order chi connectivity index (χ1) is 14.9. The lowest BCUT2D eigenvalue weighted by Crippen LogP contribution is -2.30. The van der Waals surface area contributed by atoms with Crippen molar-refractivity contribution in [3.05, 3.63) is 103 Å². The second-order valence-corrected chi connectivity index (χ2v) is 8.50. The summed E-state index contributed by atoms with van der Waals surface area (Å²) >= 11 is 0. The summed E-state index contributed by atoms with van der Waals surface area (Å²) in [6.45, 7) is 4.46. The van der Waals surface area contributed by atoms with Crippen LogP contribution in [0.5, 0.6) is 5.75 Å². The molecule has 0 aliphatic heterocycles. The average molecular weight is 437 g/mol. The van der Waals surface area contributed by atoms with Crippen LogP contribution in [0.3, 0.4) is 0 Å². The second kappa shape index (κ2) is 9.95. The molecule has 160 valence electrons. The Morgan fingerprint density at radius 3 is 2.39 bits per heavy atom. The van der Waals surface area contributed by atoms with Gasteiger partial charge in [-0.25, -0.2) is 8.42 Å². The highest BCUT2D eigenvalue weighted by Crippen LogP contribution is 2.21. The van der Waals surface area contributed by atoms with E-state index in [1.54, 1.807) is 47.4 Å². The molecule has 3 aromatic rings. The molecule has 0 aliphatic rings. The molecule has 0 atom stereocenters. The van der Waals surface area contributed by atoms with Crippen LogP contribution in [0.2, 0.25) is 0 Å². The molecule has 0 aliphatic carbocycles. The second-order valence-electron chi connectivity index (χ2n) is 6.82. The van der Waals surface area contributed by atoms with Crippen molar-refractivity contribution >= 4 is 21.6 Å². The minimum atomic E-state index is -3.87. The van der Waals surface area contributed by atoms with Gasteiger partial charge >= 0.3 is 0 Å². The molecule has 0 spiro atoms. The van der Waals surface area contributed by atoms with Gasteiger partial charge in [-0.05, 0) is 48.0 Å². The number of sulfonamides is 1. The standard InChI is InChI=1S/C24H24N2O4S/c1-3-16-26(18-19-8-5-4-6-9-19)24(27)20-10-7-11-23(17-20)31(28,29)25-21-12-14-22(30-2)15-13-21/h3-15,17,25H,1,16,18H2,2H3. The zero-order valence-corrected chi connectivity index (χ0v) is 18.0. The molecule has 6 nitrogen and oxygen atoms in total. The Kier molecular flexibility index (Phi) is 7.10. The number of hydrogen-bond donors (Lipinski definition) is 1. The zero-order chi connectivity index (χ0) is 22.3. The minimum Gasteiger partial charge on any atom is -0.497 e. The van der Waals surface area contributed by atoms with Crippen LogP contribution in [0.25, 0.3) is 0 Å². The first kappa shape index (κ1) is 22.1. The van der Waals surface area contributed by atoms with Crippen LogP contribution < -0.4 is 9.46 Å². The van der Waals surface area contributed by atoms with Crippen molar-refractivity contribution < 1.29 is 17.9 Å². The van der Waals surface area contributed by atoms with Crippen molar-refractivity contribution in [2.75, 3.05) is 18.4 Å². The van der Waals surface area contributed by atoms with Crippen molar-refractivity contribution in [3.8, 4) is 5.75 Å². The van der Waals surface area contributed by atoms with Crippen molar-refractivity contribution in [3.63, 3.8) is 0 Å². The zero-order valence-electron chi connectivity index (χ0n) is 17.2. The molecule has 31 heavy (non-hydrogen) atoms. The fraction of sp³-hybridized carbons (Fsp3) is 0.125. The Hall–Kier alpha value is -3.58. The molecule has 0 unspecified atom stereocenters. The number of amides is 1. The SMILES string of the molecule is C=CCN(Cc1ccccc1)C(=O)c1cccc(S(=O)(=O)Nc2ccc(OC)cc2)c1. The topological polar surface area (TPSA) is 75.7 Å². The first-order valence-corrected chi connectivity index (χ1v) is 11.1. The molecule has 0 saturated carbocycles. The Labute approximate surface area is 182 Å². The van der Waals surface area contributed by atoms with E-state index in [1.807, 2.05) is 30.3 Å². The number of ether oxygens (including phenoxy) is 1. The summed E-state index contributed by atoms with van der Waals surface area (Å²) in [5, 5.41) is 0. The highest BCUT2D eigenvalue weighted by atomic mass is 32.2. The van der Waals surface area contributed by atoms with E-state index in [0.717, 1.165) is 5.56 Å². The van der Waals surface area contributed by atoms with Gasteiger partial charge in [-0.3, -0.25) is 9.52 Å². The third-order valence-corrected chi connectivity index (χ3v) is 5.97. The fourth-order valence-electron chi connectivity index (χ4n) is 3.03. The van der Waals surface area contributed by atoms with Crippen LogP contribution in [-0.2, 0) is 16.6 Å². The van der Waals surface area contributed by atoms with E-state index in [9.17, 15) is 13.2 Å². The van der Waals surface area contributed by atoms with Gasteiger partial charge in [-0.1, -0.05) is 42.5 Å². The van der Waals surface area contributed by atoms with E-state index in [4.69, 9.17) is 4.74 Å². The van der Waals surface area contributed by atoms with Crippen molar-refractivity contribution in [1.82, 2.24) is 4.90 Å². The van der Waals surface area contributed by atoms with Gasteiger partial charge in [0.2, 0.25) is 0 Å². The van der Waals surface area contributed by atoms with Gasteiger partial charge in [-0.2, -0.15) is 0 Å². The molecule has 0 heterocycles. The predicted octanol–water partition coefficient (Wildman–Crippen LogP) is 4.32. The number of rotatable bonds is 9. The maximum absolute atomic E-state index is 13.1. The van der Waals surface area contributed by atoms with Crippen molar-refractivity contribution in [1.29, 1.82) is 0 Å². The highest BCUT2D eigenvalue weighted by Gasteiger charge is 2.20. The summed E-state index contributed by atoms with van der Waals surface area (Å²) in [6, 6.07) is 22.1. The minimum absolute atomic E-state index is 0.00688. The molecule has 0 radical (unpaired) electrons. The third kappa shape index (κ3) is 5.73. The normalized spacial score (nSPS) is 10.9. The lowest BCUT2D eigenvalue weighted by atomic mass is 10.1. The number of hydrogen-bond acceptors (Lipinski definition) is 4. The third-order valence-electron chi connectivity index (χ3n) is 4.59.